The van der Waals surface area contributed by atoms with Gasteiger partial charge in [0.15, 0.2) is 0 Å². The number of anilines is 1. The lowest BCUT2D eigenvalue weighted by atomic mass is 10.0. The molecule has 4 rings (SSSR count). The number of amides is 2. The average molecular weight is 393 g/mol. The van der Waals surface area contributed by atoms with Crippen molar-refractivity contribution in [2.45, 2.75) is 37.8 Å². The standard InChI is InChI=1S/C23H28N4O2/c24-19-10-8-17-14-18(9-11-20(17)25-23(19)29)22(28)26-21(15-27-12-4-5-13-27)16-6-2-1-3-7-16/h1-3,6-7,9,11,14,19,21H,4-5,8,10,12-13,15,24H2,(H,25,29)(H,26,28). The number of fused-ring (bicyclic) bond motifs is 1. The Morgan fingerprint density at radius 2 is 1.93 bits per heavy atom. The van der Waals surface area contributed by atoms with Gasteiger partial charge < -0.3 is 21.3 Å². The van der Waals surface area contributed by atoms with E-state index in [1.54, 1.807) is 12.1 Å². The van der Waals surface area contributed by atoms with Gasteiger partial charge in [-0.05, 0) is 68.1 Å². The average Bonchev–Trinajstić information content (AvgIpc) is 3.21. The minimum atomic E-state index is -0.511. The lowest BCUT2D eigenvalue weighted by Gasteiger charge is -2.25. The van der Waals surface area contributed by atoms with Crippen molar-refractivity contribution in [2.75, 3.05) is 25.0 Å². The van der Waals surface area contributed by atoms with Gasteiger partial charge in [-0.25, -0.2) is 0 Å². The Labute approximate surface area is 171 Å². The molecule has 4 N–H and O–H groups in total. The molecule has 0 bridgehead atoms. The first-order chi connectivity index (χ1) is 14.1. The molecule has 2 heterocycles. The number of carbonyl (C=O) groups is 2. The van der Waals surface area contributed by atoms with Crippen molar-refractivity contribution in [3.8, 4) is 0 Å². The van der Waals surface area contributed by atoms with E-state index in [2.05, 4.69) is 27.7 Å². The number of hydrogen-bond acceptors (Lipinski definition) is 4. The molecule has 2 aliphatic rings. The van der Waals surface area contributed by atoms with Crippen molar-refractivity contribution in [2.24, 2.45) is 5.73 Å². The number of likely N-dealkylation sites (tertiary alicyclic amines) is 1. The first-order valence-electron chi connectivity index (χ1n) is 10.4. The highest BCUT2D eigenvalue weighted by Crippen LogP contribution is 2.24. The van der Waals surface area contributed by atoms with Crippen LogP contribution in [-0.2, 0) is 11.2 Å². The van der Waals surface area contributed by atoms with Crippen LogP contribution in [0.1, 0.15) is 46.8 Å². The molecule has 6 heteroatoms. The zero-order valence-electron chi connectivity index (χ0n) is 16.6. The van der Waals surface area contributed by atoms with Crippen molar-refractivity contribution in [3.05, 3.63) is 65.2 Å². The van der Waals surface area contributed by atoms with Gasteiger partial charge in [0.05, 0.1) is 12.1 Å². The number of rotatable bonds is 5. The molecule has 2 amide bonds. The Morgan fingerprint density at radius 1 is 1.17 bits per heavy atom. The molecule has 2 aromatic carbocycles. The molecule has 0 radical (unpaired) electrons. The van der Waals surface area contributed by atoms with Crippen LogP contribution in [0.15, 0.2) is 48.5 Å². The summed E-state index contributed by atoms with van der Waals surface area (Å²) in [4.78, 5) is 27.4. The minimum absolute atomic E-state index is 0.0614. The summed E-state index contributed by atoms with van der Waals surface area (Å²) in [6, 6.07) is 15.0. The van der Waals surface area contributed by atoms with Crippen LogP contribution < -0.4 is 16.4 Å². The van der Waals surface area contributed by atoms with Crippen molar-refractivity contribution in [1.82, 2.24) is 10.2 Å². The largest absolute Gasteiger partial charge is 0.344 e. The zero-order valence-corrected chi connectivity index (χ0v) is 16.6. The molecule has 2 aliphatic heterocycles. The third-order valence-electron chi connectivity index (χ3n) is 5.83. The second-order valence-electron chi connectivity index (χ2n) is 7.95. The van der Waals surface area contributed by atoms with E-state index < -0.39 is 6.04 Å². The minimum Gasteiger partial charge on any atom is -0.344 e. The molecule has 29 heavy (non-hydrogen) atoms. The van der Waals surface area contributed by atoms with E-state index in [1.165, 1.54) is 12.8 Å². The van der Waals surface area contributed by atoms with E-state index in [1.807, 2.05) is 24.3 Å². The highest BCUT2D eigenvalue weighted by Gasteiger charge is 2.23. The van der Waals surface area contributed by atoms with E-state index in [-0.39, 0.29) is 17.9 Å². The highest BCUT2D eigenvalue weighted by molar-refractivity contribution is 5.98. The third-order valence-corrected chi connectivity index (χ3v) is 5.83. The SMILES string of the molecule is NC1CCc2cc(C(=O)NC(CN3CCCC3)c3ccccc3)ccc2NC1=O. The molecular formula is C23H28N4O2. The summed E-state index contributed by atoms with van der Waals surface area (Å²) < 4.78 is 0. The van der Waals surface area contributed by atoms with Crippen molar-refractivity contribution >= 4 is 17.5 Å². The molecule has 0 saturated carbocycles. The van der Waals surface area contributed by atoms with Gasteiger partial charge in [0, 0.05) is 17.8 Å². The van der Waals surface area contributed by atoms with Gasteiger partial charge in [-0.3, -0.25) is 9.59 Å². The monoisotopic (exact) mass is 392 g/mol. The first-order valence-corrected chi connectivity index (χ1v) is 10.4. The lowest BCUT2D eigenvalue weighted by Crippen LogP contribution is -2.37. The molecular weight excluding hydrogens is 364 g/mol. The molecule has 152 valence electrons. The summed E-state index contributed by atoms with van der Waals surface area (Å²) >= 11 is 0. The van der Waals surface area contributed by atoms with Crippen molar-refractivity contribution in [1.29, 1.82) is 0 Å². The maximum absolute atomic E-state index is 13.1. The van der Waals surface area contributed by atoms with Crippen LogP contribution in [0.4, 0.5) is 5.69 Å². The molecule has 1 fully saturated rings. The number of benzene rings is 2. The second-order valence-corrected chi connectivity index (χ2v) is 7.95. The fraction of sp³-hybridized carbons (Fsp3) is 0.391. The molecule has 2 unspecified atom stereocenters. The number of nitrogens with zero attached hydrogens (tertiary/aromatic N) is 1. The Hall–Kier alpha value is -2.70. The smallest absolute Gasteiger partial charge is 0.251 e. The van der Waals surface area contributed by atoms with Gasteiger partial charge in [0.1, 0.15) is 0 Å². The third kappa shape index (κ3) is 4.66. The Kier molecular flexibility index (Phi) is 5.92. The van der Waals surface area contributed by atoms with Gasteiger partial charge in [0.25, 0.3) is 5.91 Å². The van der Waals surface area contributed by atoms with Gasteiger partial charge in [-0.15, -0.1) is 0 Å². The summed E-state index contributed by atoms with van der Waals surface area (Å²) in [6.45, 7) is 2.97. The van der Waals surface area contributed by atoms with Crippen LogP contribution in [0, 0.1) is 0 Å². The lowest BCUT2D eigenvalue weighted by molar-refractivity contribution is -0.117. The van der Waals surface area contributed by atoms with E-state index in [0.717, 1.165) is 36.4 Å². The van der Waals surface area contributed by atoms with Crippen molar-refractivity contribution < 1.29 is 9.59 Å². The van der Waals surface area contributed by atoms with Gasteiger partial charge in [0.2, 0.25) is 5.91 Å². The number of nitrogens with one attached hydrogen (secondary N) is 2. The number of nitrogens with two attached hydrogens (primary N) is 1. The maximum atomic E-state index is 13.1. The van der Waals surface area contributed by atoms with Crippen LogP contribution in [0.3, 0.4) is 0 Å². The Morgan fingerprint density at radius 3 is 2.69 bits per heavy atom. The Balaban J connectivity index is 1.52. The van der Waals surface area contributed by atoms with E-state index in [0.29, 0.717) is 18.4 Å². The van der Waals surface area contributed by atoms with E-state index in [9.17, 15) is 9.59 Å². The maximum Gasteiger partial charge on any atom is 0.251 e. The zero-order chi connectivity index (χ0) is 20.2. The molecule has 0 aliphatic carbocycles. The van der Waals surface area contributed by atoms with E-state index >= 15 is 0 Å². The molecule has 0 aromatic heterocycles. The quantitative estimate of drug-likeness (QED) is 0.729. The van der Waals surface area contributed by atoms with Gasteiger partial charge >= 0.3 is 0 Å². The van der Waals surface area contributed by atoms with Crippen LogP contribution in [0.5, 0.6) is 0 Å². The molecule has 6 nitrogen and oxygen atoms in total. The summed E-state index contributed by atoms with van der Waals surface area (Å²) in [5.74, 6) is -0.267. The van der Waals surface area contributed by atoms with E-state index in [4.69, 9.17) is 5.73 Å². The normalized spacial score (nSPS) is 20.4. The first kappa shape index (κ1) is 19.6. The van der Waals surface area contributed by atoms with Crippen LogP contribution in [-0.4, -0.2) is 42.4 Å². The highest BCUT2D eigenvalue weighted by atomic mass is 16.2. The molecule has 0 spiro atoms. The molecule has 2 atom stereocenters. The number of hydrogen-bond donors (Lipinski definition) is 3. The predicted molar refractivity (Wildman–Crippen MR) is 114 cm³/mol. The van der Waals surface area contributed by atoms with Gasteiger partial charge in [-0.1, -0.05) is 30.3 Å². The number of carbonyl (C=O) groups excluding carboxylic acids is 2. The van der Waals surface area contributed by atoms with Crippen LogP contribution >= 0.6 is 0 Å². The number of aryl methyl sites for hydroxylation is 1. The summed E-state index contributed by atoms with van der Waals surface area (Å²) in [5.41, 5.74) is 9.29. The fourth-order valence-electron chi connectivity index (χ4n) is 4.12. The summed E-state index contributed by atoms with van der Waals surface area (Å²) in [5, 5.41) is 6.07. The van der Waals surface area contributed by atoms with Crippen molar-refractivity contribution in [3.63, 3.8) is 0 Å². The van der Waals surface area contributed by atoms with Crippen LogP contribution in [0.2, 0.25) is 0 Å². The summed E-state index contributed by atoms with van der Waals surface area (Å²) in [7, 11) is 0. The Bertz CT molecular complexity index is 878. The molecule has 2 aromatic rings. The topological polar surface area (TPSA) is 87.5 Å². The fourth-order valence-corrected chi connectivity index (χ4v) is 4.12. The van der Waals surface area contributed by atoms with Gasteiger partial charge in [-0.2, -0.15) is 0 Å². The predicted octanol–water partition coefficient (Wildman–Crippen LogP) is 2.47. The summed E-state index contributed by atoms with van der Waals surface area (Å²) in [6.07, 6.45) is 3.68. The molecule has 1 saturated heterocycles. The second kappa shape index (κ2) is 8.76. The van der Waals surface area contributed by atoms with Crippen LogP contribution in [0.25, 0.3) is 0 Å².